The number of carbonyl (C=O) groups excluding carboxylic acids is 2. The summed E-state index contributed by atoms with van der Waals surface area (Å²) in [6.07, 6.45) is 0.938. The van der Waals surface area contributed by atoms with Crippen molar-refractivity contribution in [1.29, 1.82) is 0 Å². The standard InChI is InChI=1S/C21H26N2O4/c1-15(2)10-11-26-19-9-5-7-17(13-19)21(25)23-22-20(24)14-27-18-8-4-6-16(3)12-18/h4-9,12-13,15H,10-11,14H2,1-3H3,(H,22,24)(H,23,25). The fourth-order valence-electron chi connectivity index (χ4n) is 2.23. The third-order valence-corrected chi connectivity index (χ3v) is 3.74. The molecule has 0 aliphatic heterocycles. The van der Waals surface area contributed by atoms with Gasteiger partial charge in [-0.05, 0) is 55.2 Å². The van der Waals surface area contributed by atoms with Crippen LogP contribution in [0.4, 0.5) is 0 Å². The van der Waals surface area contributed by atoms with Gasteiger partial charge >= 0.3 is 0 Å². The van der Waals surface area contributed by atoms with Gasteiger partial charge in [0.2, 0.25) is 0 Å². The monoisotopic (exact) mass is 370 g/mol. The van der Waals surface area contributed by atoms with Gasteiger partial charge in [-0.2, -0.15) is 0 Å². The molecule has 0 bridgehead atoms. The van der Waals surface area contributed by atoms with Gasteiger partial charge in [0.15, 0.2) is 6.61 Å². The first kappa shape index (κ1) is 20.3. The van der Waals surface area contributed by atoms with Crippen LogP contribution < -0.4 is 20.3 Å². The van der Waals surface area contributed by atoms with Crippen molar-refractivity contribution in [1.82, 2.24) is 10.9 Å². The zero-order chi connectivity index (χ0) is 19.6. The lowest BCUT2D eigenvalue weighted by Gasteiger charge is -2.11. The summed E-state index contributed by atoms with van der Waals surface area (Å²) >= 11 is 0. The second kappa shape index (κ2) is 10.2. The fraction of sp³-hybridized carbons (Fsp3) is 0.333. The number of rotatable bonds is 8. The van der Waals surface area contributed by atoms with E-state index in [0.717, 1.165) is 12.0 Å². The van der Waals surface area contributed by atoms with Crippen molar-refractivity contribution < 1.29 is 19.1 Å². The van der Waals surface area contributed by atoms with E-state index in [4.69, 9.17) is 9.47 Å². The minimum Gasteiger partial charge on any atom is -0.494 e. The van der Waals surface area contributed by atoms with Crippen LogP contribution in [-0.2, 0) is 4.79 Å². The van der Waals surface area contributed by atoms with Gasteiger partial charge in [0.05, 0.1) is 6.61 Å². The van der Waals surface area contributed by atoms with E-state index in [9.17, 15) is 9.59 Å². The Hall–Kier alpha value is -3.02. The van der Waals surface area contributed by atoms with Crippen molar-refractivity contribution in [2.75, 3.05) is 13.2 Å². The summed E-state index contributed by atoms with van der Waals surface area (Å²) in [7, 11) is 0. The van der Waals surface area contributed by atoms with Crippen molar-refractivity contribution in [3.63, 3.8) is 0 Å². The molecule has 2 rings (SSSR count). The van der Waals surface area contributed by atoms with Gasteiger partial charge in [0, 0.05) is 5.56 Å². The Balaban J connectivity index is 1.78. The third kappa shape index (κ3) is 7.40. The molecule has 2 N–H and O–H groups in total. The molecule has 6 heteroatoms. The average molecular weight is 370 g/mol. The van der Waals surface area contributed by atoms with Gasteiger partial charge < -0.3 is 9.47 Å². The number of benzene rings is 2. The number of aryl methyl sites for hydroxylation is 1. The van der Waals surface area contributed by atoms with E-state index >= 15 is 0 Å². The molecular formula is C21H26N2O4. The normalized spacial score (nSPS) is 10.4. The Labute approximate surface area is 159 Å². The molecule has 2 amide bonds. The Morgan fingerprint density at radius 1 is 0.963 bits per heavy atom. The lowest BCUT2D eigenvalue weighted by Crippen LogP contribution is -2.43. The fourth-order valence-corrected chi connectivity index (χ4v) is 2.23. The molecule has 0 aromatic heterocycles. The molecule has 0 saturated heterocycles. The second-order valence-corrected chi connectivity index (χ2v) is 6.67. The van der Waals surface area contributed by atoms with E-state index in [2.05, 4.69) is 24.7 Å². The molecule has 0 spiro atoms. The van der Waals surface area contributed by atoms with Crippen molar-refractivity contribution in [2.24, 2.45) is 5.92 Å². The van der Waals surface area contributed by atoms with Crippen LogP contribution in [-0.4, -0.2) is 25.0 Å². The third-order valence-electron chi connectivity index (χ3n) is 3.74. The molecular weight excluding hydrogens is 344 g/mol. The van der Waals surface area contributed by atoms with Crippen LogP contribution in [0.5, 0.6) is 11.5 Å². The minimum absolute atomic E-state index is 0.192. The van der Waals surface area contributed by atoms with Crippen molar-refractivity contribution in [3.05, 3.63) is 59.7 Å². The van der Waals surface area contributed by atoms with Gasteiger partial charge in [-0.25, -0.2) is 0 Å². The molecule has 0 radical (unpaired) electrons. The lowest BCUT2D eigenvalue weighted by atomic mass is 10.1. The molecule has 0 fully saturated rings. The summed E-state index contributed by atoms with van der Waals surface area (Å²) in [5.74, 6) is 0.899. The Kier molecular flexibility index (Phi) is 7.67. The SMILES string of the molecule is Cc1cccc(OCC(=O)NNC(=O)c2cccc(OCCC(C)C)c2)c1. The molecule has 0 aliphatic carbocycles. The van der Waals surface area contributed by atoms with Crippen LogP contribution in [0.1, 0.15) is 36.2 Å². The number of hydrazine groups is 1. The molecule has 2 aromatic rings. The molecule has 0 heterocycles. The summed E-state index contributed by atoms with van der Waals surface area (Å²) in [5, 5.41) is 0. The zero-order valence-electron chi connectivity index (χ0n) is 16.0. The quantitative estimate of drug-likeness (QED) is 0.699. The highest BCUT2D eigenvalue weighted by atomic mass is 16.5. The van der Waals surface area contributed by atoms with Gasteiger partial charge in [-0.1, -0.05) is 32.0 Å². The second-order valence-electron chi connectivity index (χ2n) is 6.67. The van der Waals surface area contributed by atoms with Crippen LogP contribution in [0.2, 0.25) is 0 Å². The highest BCUT2D eigenvalue weighted by Crippen LogP contribution is 2.14. The van der Waals surface area contributed by atoms with E-state index in [1.807, 2.05) is 25.1 Å². The maximum absolute atomic E-state index is 12.2. The van der Waals surface area contributed by atoms with E-state index < -0.39 is 11.8 Å². The number of ether oxygens (including phenoxy) is 2. The van der Waals surface area contributed by atoms with Gasteiger partial charge in [-0.15, -0.1) is 0 Å². The summed E-state index contributed by atoms with van der Waals surface area (Å²) in [6.45, 7) is 6.59. The van der Waals surface area contributed by atoms with Gasteiger partial charge in [0.1, 0.15) is 11.5 Å². The highest BCUT2D eigenvalue weighted by Gasteiger charge is 2.09. The number of amides is 2. The molecule has 2 aromatic carbocycles. The van der Waals surface area contributed by atoms with Crippen molar-refractivity contribution in [2.45, 2.75) is 27.2 Å². The predicted molar refractivity (Wildman–Crippen MR) is 104 cm³/mol. The first-order valence-corrected chi connectivity index (χ1v) is 8.95. The van der Waals surface area contributed by atoms with E-state index in [1.165, 1.54) is 0 Å². The number of hydrogen-bond donors (Lipinski definition) is 2. The molecule has 6 nitrogen and oxygen atoms in total. The molecule has 0 aliphatic rings. The minimum atomic E-state index is -0.450. The van der Waals surface area contributed by atoms with Crippen molar-refractivity contribution in [3.8, 4) is 11.5 Å². The van der Waals surface area contributed by atoms with Crippen LogP contribution in [0.25, 0.3) is 0 Å². The summed E-state index contributed by atoms with van der Waals surface area (Å²) in [5.41, 5.74) is 6.15. The van der Waals surface area contributed by atoms with Gasteiger partial charge in [-0.3, -0.25) is 20.4 Å². The maximum atomic E-state index is 12.2. The number of hydrogen-bond acceptors (Lipinski definition) is 4. The van der Waals surface area contributed by atoms with E-state index in [0.29, 0.717) is 29.6 Å². The summed E-state index contributed by atoms with van der Waals surface area (Å²) in [6, 6.07) is 14.2. The van der Waals surface area contributed by atoms with E-state index in [1.54, 1.807) is 30.3 Å². The van der Waals surface area contributed by atoms with Crippen LogP contribution >= 0.6 is 0 Å². The molecule has 0 saturated carbocycles. The smallest absolute Gasteiger partial charge is 0.276 e. The zero-order valence-corrected chi connectivity index (χ0v) is 16.0. The average Bonchev–Trinajstić information content (AvgIpc) is 2.64. The summed E-state index contributed by atoms with van der Waals surface area (Å²) in [4.78, 5) is 24.0. The highest BCUT2D eigenvalue weighted by molar-refractivity contribution is 5.95. The van der Waals surface area contributed by atoms with E-state index in [-0.39, 0.29) is 6.61 Å². The van der Waals surface area contributed by atoms with Crippen LogP contribution in [0.3, 0.4) is 0 Å². The number of carbonyl (C=O) groups is 2. The molecule has 0 unspecified atom stereocenters. The largest absolute Gasteiger partial charge is 0.494 e. The molecule has 144 valence electrons. The lowest BCUT2D eigenvalue weighted by molar-refractivity contribution is -0.123. The Morgan fingerprint density at radius 2 is 1.67 bits per heavy atom. The number of nitrogens with one attached hydrogen (secondary N) is 2. The summed E-state index contributed by atoms with van der Waals surface area (Å²) < 4.78 is 11.0. The maximum Gasteiger partial charge on any atom is 0.276 e. The first-order valence-electron chi connectivity index (χ1n) is 8.95. The van der Waals surface area contributed by atoms with Crippen LogP contribution in [0, 0.1) is 12.8 Å². The molecule has 27 heavy (non-hydrogen) atoms. The molecule has 0 atom stereocenters. The van der Waals surface area contributed by atoms with Crippen LogP contribution in [0.15, 0.2) is 48.5 Å². The Bertz CT molecular complexity index is 774. The predicted octanol–water partition coefficient (Wildman–Crippen LogP) is 3.26. The van der Waals surface area contributed by atoms with Gasteiger partial charge in [0.25, 0.3) is 11.8 Å². The topological polar surface area (TPSA) is 76.7 Å². The first-order chi connectivity index (χ1) is 12.9. The Morgan fingerprint density at radius 3 is 2.37 bits per heavy atom. The van der Waals surface area contributed by atoms with Crippen molar-refractivity contribution >= 4 is 11.8 Å².